The van der Waals surface area contributed by atoms with E-state index in [1.165, 1.54) is 0 Å². The summed E-state index contributed by atoms with van der Waals surface area (Å²) in [5.74, 6) is 1.32. The van der Waals surface area contributed by atoms with Crippen molar-refractivity contribution in [2.45, 2.75) is 19.4 Å². The Morgan fingerprint density at radius 2 is 2.11 bits per heavy atom. The highest BCUT2D eigenvalue weighted by Crippen LogP contribution is 2.23. The maximum absolute atomic E-state index is 5.25. The Labute approximate surface area is 106 Å². The maximum atomic E-state index is 5.25. The van der Waals surface area contributed by atoms with Crippen LogP contribution >= 0.6 is 0 Å². The van der Waals surface area contributed by atoms with E-state index in [2.05, 4.69) is 32.2 Å². The van der Waals surface area contributed by atoms with Crippen LogP contribution in [0.4, 0.5) is 0 Å². The highest BCUT2D eigenvalue weighted by Gasteiger charge is 2.21. The molecule has 0 radical (unpaired) electrons. The molecule has 6 heteroatoms. The summed E-state index contributed by atoms with van der Waals surface area (Å²) in [5, 5.41) is 3.39. The predicted octanol–water partition coefficient (Wildman–Crippen LogP) is 1.30. The third-order valence-corrected chi connectivity index (χ3v) is 2.55. The third kappa shape index (κ3) is 2.65. The molecule has 2 aromatic rings. The number of aromatic nitrogens is 4. The first-order valence-electron chi connectivity index (χ1n) is 5.94. The molecule has 18 heavy (non-hydrogen) atoms. The van der Waals surface area contributed by atoms with Crippen LogP contribution in [0, 0.1) is 0 Å². The van der Waals surface area contributed by atoms with E-state index in [1.807, 2.05) is 0 Å². The number of hydrogen-bond donors (Lipinski definition) is 2. The normalized spacial score (nSPS) is 12.3. The molecular formula is C12H17N5O. The number of H-pyrrole nitrogens is 1. The molecule has 2 aromatic heterocycles. The standard InChI is InChI=1S/C12H17N5O/c1-3-4-13-9(11-15-6-7-16-11)10-12(18-2)17-8-5-14-10/h5-9,13H,3-4H2,1-2H3,(H,15,16). The molecule has 0 spiro atoms. The summed E-state index contributed by atoms with van der Waals surface area (Å²) >= 11 is 0. The second-order valence-electron chi connectivity index (χ2n) is 3.81. The predicted molar refractivity (Wildman–Crippen MR) is 67.3 cm³/mol. The Bertz CT molecular complexity index is 471. The molecule has 0 saturated heterocycles. The quantitative estimate of drug-likeness (QED) is 0.804. The number of methoxy groups -OCH3 is 1. The van der Waals surface area contributed by atoms with Crippen LogP contribution in [-0.4, -0.2) is 33.6 Å². The van der Waals surface area contributed by atoms with E-state index in [4.69, 9.17) is 4.74 Å². The van der Waals surface area contributed by atoms with Gasteiger partial charge in [0.1, 0.15) is 17.6 Å². The van der Waals surface area contributed by atoms with Crippen molar-refractivity contribution in [3.8, 4) is 5.88 Å². The van der Waals surface area contributed by atoms with E-state index >= 15 is 0 Å². The fourth-order valence-electron chi connectivity index (χ4n) is 1.74. The van der Waals surface area contributed by atoms with Gasteiger partial charge in [0, 0.05) is 24.8 Å². The Hall–Kier alpha value is -1.95. The van der Waals surface area contributed by atoms with Gasteiger partial charge in [-0.15, -0.1) is 0 Å². The average Bonchev–Trinajstić information content (AvgIpc) is 2.94. The molecule has 0 saturated carbocycles. The molecule has 0 aliphatic rings. The van der Waals surface area contributed by atoms with Crippen LogP contribution in [0.15, 0.2) is 24.8 Å². The van der Waals surface area contributed by atoms with Crippen molar-refractivity contribution in [1.29, 1.82) is 0 Å². The van der Waals surface area contributed by atoms with Crippen LogP contribution in [0.25, 0.3) is 0 Å². The van der Waals surface area contributed by atoms with Crippen LogP contribution < -0.4 is 10.1 Å². The van der Waals surface area contributed by atoms with Gasteiger partial charge in [-0.3, -0.25) is 4.98 Å². The molecule has 0 amide bonds. The lowest BCUT2D eigenvalue weighted by Crippen LogP contribution is -2.25. The Morgan fingerprint density at radius 3 is 2.78 bits per heavy atom. The molecule has 2 N–H and O–H groups in total. The van der Waals surface area contributed by atoms with Crippen molar-refractivity contribution >= 4 is 0 Å². The number of nitrogens with one attached hydrogen (secondary N) is 2. The van der Waals surface area contributed by atoms with Gasteiger partial charge in [0.2, 0.25) is 5.88 Å². The van der Waals surface area contributed by atoms with Crippen LogP contribution in [0.2, 0.25) is 0 Å². The summed E-state index contributed by atoms with van der Waals surface area (Å²) in [5.41, 5.74) is 0.739. The van der Waals surface area contributed by atoms with E-state index in [0.29, 0.717) is 5.88 Å². The van der Waals surface area contributed by atoms with Crippen LogP contribution in [0.1, 0.15) is 30.9 Å². The van der Waals surface area contributed by atoms with Crippen LogP contribution in [-0.2, 0) is 0 Å². The Morgan fingerprint density at radius 1 is 1.28 bits per heavy atom. The van der Waals surface area contributed by atoms with E-state index in [9.17, 15) is 0 Å². The van der Waals surface area contributed by atoms with Crippen LogP contribution in [0.3, 0.4) is 0 Å². The molecule has 2 rings (SSSR count). The van der Waals surface area contributed by atoms with Gasteiger partial charge < -0.3 is 15.0 Å². The number of nitrogens with zero attached hydrogens (tertiary/aromatic N) is 3. The molecule has 0 aliphatic carbocycles. The molecule has 6 nitrogen and oxygen atoms in total. The monoisotopic (exact) mass is 247 g/mol. The molecule has 0 fully saturated rings. The number of rotatable bonds is 6. The van der Waals surface area contributed by atoms with E-state index in [0.717, 1.165) is 24.5 Å². The first kappa shape index (κ1) is 12.5. The minimum absolute atomic E-state index is 0.136. The minimum atomic E-state index is -0.136. The van der Waals surface area contributed by atoms with Gasteiger partial charge in [-0.1, -0.05) is 6.92 Å². The summed E-state index contributed by atoms with van der Waals surface area (Å²) in [7, 11) is 1.59. The van der Waals surface area contributed by atoms with Crippen molar-refractivity contribution in [2.75, 3.05) is 13.7 Å². The zero-order valence-corrected chi connectivity index (χ0v) is 10.6. The molecule has 96 valence electrons. The second-order valence-corrected chi connectivity index (χ2v) is 3.81. The fourth-order valence-corrected chi connectivity index (χ4v) is 1.74. The summed E-state index contributed by atoms with van der Waals surface area (Å²) in [4.78, 5) is 15.9. The molecule has 1 atom stereocenters. The zero-order valence-electron chi connectivity index (χ0n) is 10.6. The number of aromatic amines is 1. The summed E-state index contributed by atoms with van der Waals surface area (Å²) in [6.07, 6.45) is 7.81. The third-order valence-electron chi connectivity index (χ3n) is 2.55. The van der Waals surface area contributed by atoms with Gasteiger partial charge in [-0.2, -0.15) is 0 Å². The van der Waals surface area contributed by atoms with Crippen molar-refractivity contribution in [3.05, 3.63) is 36.3 Å². The Balaban J connectivity index is 2.33. The highest BCUT2D eigenvalue weighted by molar-refractivity contribution is 5.26. The summed E-state index contributed by atoms with van der Waals surface area (Å²) < 4.78 is 5.25. The Kier molecular flexibility index (Phi) is 4.25. The lowest BCUT2D eigenvalue weighted by molar-refractivity contribution is 0.381. The lowest BCUT2D eigenvalue weighted by atomic mass is 10.2. The smallest absolute Gasteiger partial charge is 0.237 e. The molecular weight excluding hydrogens is 230 g/mol. The van der Waals surface area contributed by atoms with E-state index < -0.39 is 0 Å². The first-order chi connectivity index (χ1) is 8.86. The number of ether oxygens (including phenoxy) is 1. The van der Waals surface area contributed by atoms with Crippen molar-refractivity contribution in [2.24, 2.45) is 0 Å². The molecule has 0 bridgehead atoms. The number of hydrogen-bond acceptors (Lipinski definition) is 5. The molecule has 2 heterocycles. The van der Waals surface area contributed by atoms with Crippen molar-refractivity contribution in [3.63, 3.8) is 0 Å². The summed E-state index contributed by atoms with van der Waals surface area (Å²) in [6.45, 7) is 2.98. The molecule has 0 aliphatic heterocycles. The average molecular weight is 247 g/mol. The van der Waals surface area contributed by atoms with Gasteiger partial charge in [0.25, 0.3) is 0 Å². The highest BCUT2D eigenvalue weighted by atomic mass is 16.5. The van der Waals surface area contributed by atoms with E-state index in [1.54, 1.807) is 31.9 Å². The fraction of sp³-hybridized carbons (Fsp3) is 0.417. The van der Waals surface area contributed by atoms with Gasteiger partial charge in [-0.05, 0) is 13.0 Å². The van der Waals surface area contributed by atoms with Crippen molar-refractivity contribution < 1.29 is 4.74 Å². The molecule has 1 unspecified atom stereocenters. The van der Waals surface area contributed by atoms with Gasteiger partial charge in [0.05, 0.1) is 7.11 Å². The molecule has 0 aromatic carbocycles. The largest absolute Gasteiger partial charge is 0.480 e. The zero-order chi connectivity index (χ0) is 12.8. The van der Waals surface area contributed by atoms with Gasteiger partial charge in [-0.25, -0.2) is 9.97 Å². The van der Waals surface area contributed by atoms with Crippen LogP contribution in [0.5, 0.6) is 5.88 Å². The topological polar surface area (TPSA) is 75.7 Å². The SMILES string of the molecule is CCCNC(c1ncc[nH]1)c1nccnc1OC. The summed E-state index contributed by atoms with van der Waals surface area (Å²) in [6, 6.07) is -0.136. The first-order valence-corrected chi connectivity index (χ1v) is 5.94. The lowest BCUT2D eigenvalue weighted by Gasteiger charge is -2.17. The number of imidazole rings is 1. The van der Waals surface area contributed by atoms with Crippen molar-refractivity contribution in [1.82, 2.24) is 25.3 Å². The second kappa shape index (κ2) is 6.11. The van der Waals surface area contributed by atoms with Gasteiger partial charge >= 0.3 is 0 Å². The maximum Gasteiger partial charge on any atom is 0.237 e. The minimum Gasteiger partial charge on any atom is -0.480 e. The van der Waals surface area contributed by atoms with Gasteiger partial charge in [0.15, 0.2) is 0 Å². The van der Waals surface area contributed by atoms with E-state index in [-0.39, 0.29) is 6.04 Å².